The number of aliphatic hydroxyl groups is 7. The van der Waals surface area contributed by atoms with Crippen molar-refractivity contribution in [2.24, 2.45) is 0 Å². The predicted octanol–water partition coefficient (Wildman–Crippen LogP) is -2.36. The molecule has 182 valence electrons. The van der Waals surface area contributed by atoms with Gasteiger partial charge in [-0.2, -0.15) is 0 Å². The second kappa shape index (κ2) is 11.2. The summed E-state index contributed by atoms with van der Waals surface area (Å²) in [6.07, 6.45) is -12.9. The third-order valence-electron chi connectivity index (χ3n) is 5.67. The lowest BCUT2D eigenvalue weighted by atomic mass is 9.97. The van der Waals surface area contributed by atoms with Gasteiger partial charge in [-0.15, -0.1) is 0 Å². The van der Waals surface area contributed by atoms with E-state index in [0.717, 1.165) is 18.4 Å². The Hall–Kier alpha value is -1.38. The summed E-state index contributed by atoms with van der Waals surface area (Å²) < 4.78 is 22.0. The van der Waals surface area contributed by atoms with Gasteiger partial charge in [0.2, 0.25) is 6.29 Å². The van der Waals surface area contributed by atoms with E-state index in [0.29, 0.717) is 5.75 Å². The standard InChI is InChI=1S/C21H32O11/c1-2-3-10-4-6-11(7-5-10)29-20-18(28)16(26)19(13(9-23)31-20)32-21-17(27)15(25)14(24)12(8-22)30-21/h4-7,12-28H,2-3,8-9H2,1H3. The van der Waals surface area contributed by atoms with Crippen LogP contribution in [0.2, 0.25) is 0 Å². The number of rotatable bonds is 8. The van der Waals surface area contributed by atoms with Gasteiger partial charge >= 0.3 is 0 Å². The number of hydrogen-bond acceptors (Lipinski definition) is 11. The van der Waals surface area contributed by atoms with Crippen LogP contribution in [-0.2, 0) is 20.6 Å². The number of aliphatic hydroxyl groups excluding tert-OH is 7. The summed E-state index contributed by atoms with van der Waals surface area (Å²) in [5, 5.41) is 70.1. The molecule has 0 spiro atoms. The van der Waals surface area contributed by atoms with Crippen LogP contribution in [0.5, 0.6) is 5.75 Å². The molecule has 11 heteroatoms. The molecule has 0 bridgehead atoms. The van der Waals surface area contributed by atoms with E-state index in [4.69, 9.17) is 18.9 Å². The molecule has 0 aromatic heterocycles. The Bertz CT molecular complexity index is 697. The van der Waals surface area contributed by atoms with Crippen molar-refractivity contribution in [3.8, 4) is 5.75 Å². The van der Waals surface area contributed by atoms with Gasteiger partial charge in [-0.25, -0.2) is 0 Å². The zero-order valence-corrected chi connectivity index (χ0v) is 17.7. The van der Waals surface area contributed by atoms with Gasteiger partial charge in [-0.05, 0) is 24.1 Å². The summed E-state index contributed by atoms with van der Waals surface area (Å²) in [5.41, 5.74) is 1.12. The highest BCUT2D eigenvalue weighted by molar-refractivity contribution is 5.27. The molecule has 0 saturated carbocycles. The average Bonchev–Trinajstić information content (AvgIpc) is 2.80. The molecule has 2 aliphatic rings. The maximum absolute atomic E-state index is 10.6. The summed E-state index contributed by atoms with van der Waals surface area (Å²) >= 11 is 0. The average molecular weight is 460 g/mol. The molecule has 0 radical (unpaired) electrons. The number of ether oxygens (including phenoxy) is 4. The quantitative estimate of drug-likeness (QED) is 0.221. The Morgan fingerprint density at radius 3 is 1.94 bits per heavy atom. The van der Waals surface area contributed by atoms with Crippen LogP contribution in [0, 0.1) is 0 Å². The van der Waals surface area contributed by atoms with Crippen LogP contribution in [0.1, 0.15) is 18.9 Å². The van der Waals surface area contributed by atoms with Crippen LogP contribution in [0.15, 0.2) is 24.3 Å². The number of aryl methyl sites for hydroxylation is 1. The minimum absolute atomic E-state index is 0.395. The highest BCUT2D eigenvalue weighted by Crippen LogP contribution is 2.30. The normalized spacial score (nSPS) is 40.2. The van der Waals surface area contributed by atoms with Crippen molar-refractivity contribution in [3.05, 3.63) is 29.8 Å². The lowest BCUT2D eigenvalue weighted by molar-refractivity contribution is -0.352. The van der Waals surface area contributed by atoms with Gasteiger partial charge in [-0.3, -0.25) is 0 Å². The third-order valence-corrected chi connectivity index (χ3v) is 5.67. The molecule has 1 aromatic carbocycles. The highest BCUT2D eigenvalue weighted by atomic mass is 16.7. The van der Waals surface area contributed by atoms with Crippen LogP contribution in [0.4, 0.5) is 0 Å². The van der Waals surface area contributed by atoms with Gasteiger partial charge < -0.3 is 54.7 Å². The Morgan fingerprint density at radius 1 is 0.750 bits per heavy atom. The fourth-order valence-corrected chi connectivity index (χ4v) is 3.81. The molecule has 0 amide bonds. The fourth-order valence-electron chi connectivity index (χ4n) is 3.81. The van der Waals surface area contributed by atoms with Crippen molar-refractivity contribution in [1.29, 1.82) is 0 Å². The first-order chi connectivity index (χ1) is 15.3. The van der Waals surface area contributed by atoms with E-state index in [9.17, 15) is 35.7 Å². The molecule has 10 unspecified atom stereocenters. The van der Waals surface area contributed by atoms with Gasteiger partial charge in [-0.1, -0.05) is 25.5 Å². The number of benzene rings is 1. The summed E-state index contributed by atoms with van der Waals surface area (Å²) in [6, 6.07) is 7.16. The molecule has 3 rings (SSSR count). The molecular weight excluding hydrogens is 428 g/mol. The van der Waals surface area contributed by atoms with E-state index in [-0.39, 0.29) is 0 Å². The van der Waals surface area contributed by atoms with Gasteiger partial charge in [0.15, 0.2) is 6.29 Å². The molecule has 0 aliphatic carbocycles. The molecule has 7 N–H and O–H groups in total. The second-order valence-corrected chi connectivity index (χ2v) is 8.02. The van der Waals surface area contributed by atoms with Crippen LogP contribution in [0.3, 0.4) is 0 Å². The molecule has 2 saturated heterocycles. The van der Waals surface area contributed by atoms with Crippen LogP contribution in [-0.4, -0.2) is 110 Å². The molecule has 2 aliphatic heterocycles. The van der Waals surface area contributed by atoms with Gasteiger partial charge in [0.05, 0.1) is 13.2 Å². The van der Waals surface area contributed by atoms with E-state index in [1.165, 1.54) is 0 Å². The number of hydrogen-bond donors (Lipinski definition) is 7. The zero-order chi connectivity index (χ0) is 23.4. The van der Waals surface area contributed by atoms with Crippen molar-refractivity contribution in [2.75, 3.05) is 13.2 Å². The van der Waals surface area contributed by atoms with Crippen molar-refractivity contribution < 1.29 is 54.7 Å². The highest BCUT2D eigenvalue weighted by Gasteiger charge is 2.51. The zero-order valence-electron chi connectivity index (χ0n) is 17.7. The third kappa shape index (κ3) is 5.39. The summed E-state index contributed by atoms with van der Waals surface area (Å²) in [7, 11) is 0. The first kappa shape index (κ1) is 25.2. The minimum Gasteiger partial charge on any atom is -0.462 e. The smallest absolute Gasteiger partial charge is 0.229 e. The van der Waals surface area contributed by atoms with Gasteiger partial charge in [0.25, 0.3) is 0 Å². The van der Waals surface area contributed by atoms with Crippen molar-refractivity contribution in [2.45, 2.75) is 81.2 Å². The summed E-state index contributed by atoms with van der Waals surface area (Å²) in [4.78, 5) is 0. The maximum Gasteiger partial charge on any atom is 0.229 e. The van der Waals surface area contributed by atoms with E-state index in [1.807, 2.05) is 12.1 Å². The lowest BCUT2D eigenvalue weighted by Gasteiger charge is -2.45. The molecular formula is C21H32O11. The van der Waals surface area contributed by atoms with Crippen molar-refractivity contribution >= 4 is 0 Å². The summed E-state index contributed by atoms with van der Waals surface area (Å²) in [5.74, 6) is 0.395. The van der Waals surface area contributed by atoms with Gasteiger partial charge in [0, 0.05) is 0 Å². The Labute approximate surface area is 185 Å². The maximum atomic E-state index is 10.6. The van der Waals surface area contributed by atoms with Gasteiger partial charge in [0.1, 0.15) is 54.6 Å². The molecule has 2 fully saturated rings. The van der Waals surface area contributed by atoms with Crippen LogP contribution >= 0.6 is 0 Å². The van der Waals surface area contributed by atoms with Crippen molar-refractivity contribution in [3.63, 3.8) is 0 Å². The molecule has 32 heavy (non-hydrogen) atoms. The molecule has 10 atom stereocenters. The molecule has 2 heterocycles. The summed E-state index contributed by atoms with van der Waals surface area (Å²) in [6.45, 7) is 0.782. The Morgan fingerprint density at radius 2 is 1.34 bits per heavy atom. The Balaban J connectivity index is 1.68. The van der Waals surface area contributed by atoms with Crippen LogP contribution in [0.25, 0.3) is 0 Å². The van der Waals surface area contributed by atoms with E-state index >= 15 is 0 Å². The second-order valence-electron chi connectivity index (χ2n) is 8.02. The van der Waals surface area contributed by atoms with E-state index < -0.39 is 74.6 Å². The monoisotopic (exact) mass is 460 g/mol. The first-order valence-corrected chi connectivity index (χ1v) is 10.6. The molecule has 11 nitrogen and oxygen atoms in total. The first-order valence-electron chi connectivity index (χ1n) is 10.6. The van der Waals surface area contributed by atoms with E-state index in [1.54, 1.807) is 12.1 Å². The van der Waals surface area contributed by atoms with Crippen molar-refractivity contribution in [1.82, 2.24) is 0 Å². The van der Waals surface area contributed by atoms with E-state index in [2.05, 4.69) is 6.92 Å². The predicted molar refractivity (Wildman–Crippen MR) is 107 cm³/mol. The Kier molecular flexibility index (Phi) is 8.81. The largest absolute Gasteiger partial charge is 0.462 e. The lowest BCUT2D eigenvalue weighted by Crippen LogP contribution is -2.65. The topological polar surface area (TPSA) is 179 Å². The van der Waals surface area contributed by atoms with Crippen LogP contribution < -0.4 is 4.74 Å². The fraction of sp³-hybridized carbons (Fsp3) is 0.714. The minimum atomic E-state index is -1.72. The SMILES string of the molecule is CCCc1ccc(OC2OC(CO)C(OC3OC(CO)C(O)C(O)C3O)C(O)C2O)cc1. The molecule has 1 aromatic rings.